The van der Waals surface area contributed by atoms with Gasteiger partial charge < -0.3 is 4.74 Å². The van der Waals surface area contributed by atoms with Crippen LogP contribution in [0.1, 0.15) is 12.8 Å². The molecule has 0 bridgehead atoms. The van der Waals surface area contributed by atoms with Gasteiger partial charge in [0.25, 0.3) is 0 Å². The van der Waals surface area contributed by atoms with E-state index >= 15 is 0 Å². The summed E-state index contributed by atoms with van der Waals surface area (Å²) < 4.78 is 31.6. The van der Waals surface area contributed by atoms with E-state index in [1.54, 1.807) is 45.8 Å². The Labute approximate surface area is 145 Å². The van der Waals surface area contributed by atoms with Crippen molar-refractivity contribution in [3.05, 3.63) is 52.2 Å². The molecular weight excluding hydrogens is 352 g/mol. The Morgan fingerprint density at radius 1 is 1.12 bits per heavy atom. The Morgan fingerprint density at radius 2 is 1.79 bits per heavy atom. The number of imidazole rings is 1. The molecule has 0 unspecified atom stereocenters. The van der Waals surface area contributed by atoms with Crippen LogP contribution in [0.3, 0.4) is 0 Å². The van der Waals surface area contributed by atoms with Gasteiger partial charge in [-0.3, -0.25) is 9.13 Å². The van der Waals surface area contributed by atoms with Crippen molar-refractivity contribution in [3.63, 3.8) is 0 Å². The summed E-state index contributed by atoms with van der Waals surface area (Å²) in [5, 5.41) is 0.620. The molecule has 0 saturated carbocycles. The van der Waals surface area contributed by atoms with Crippen LogP contribution < -0.4 is 5.69 Å². The van der Waals surface area contributed by atoms with Crippen LogP contribution in [0.25, 0.3) is 5.69 Å². The fourth-order valence-electron chi connectivity index (χ4n) is 2.73. The van der Waals surface area contributed by atoms with E-state index in [0.29, 0.717) is 31.0 Å². The Hall–Kier alpha value is -1.57. The van der Waals surface area contributed by atoms with Gasteiger partial charge in [-0.05, 0) is 37.1 Å². The SMILES string of the molecule is O=c1n(CCOC2CCS(=O)(=O)CC2)ccn1-c1ccc(Cl)cc1. The highest BCUT2D eigenvalue weighted by Crippen LogP contribution is 2.15. The number of hydrogen-bond acceptors (Lipinski definition) is 4. The van der Waals surface area contributed by atoms with Crippen LogP contribution in [0.5, 0.6) is 0 Å². The summed E-state index contributed by atoms with van der Waals surface area (Å²) in [6, 6.07) is 7.04. The maximum atomic E-state index is 12.4. The van der Waals surface area contributed by atoms with Crippen LogP contribution in [0.15, 0.2) is 41.5 Å². The maximum Gasteiger partial charge on any atom is 0.332 e. The normalized spacial score (nSPS) is 17.9. The third-order valence-corrected chi connectivity index (χ3v) is 6.11. The van der Waals surface area contributed by atoms with Gasteiger partial charge in [0.1, 0.15) is 0 Å². The highest BCUT2D eigenvalue weighted by atomic mass is 35.5. The molecule has 1 aliphatic heterocycles. The molecule has 1 aromatic carbocycles. The monoisotopic (exact) mass is 370 g/mol. The first-order valence-electron chi connectivity index (χ1n) is 7.80. The summed E-state index contributed by atoms with van der Waals surface area (Å²) in [6.07, 6.45) is 4.44. The van der Waals surface area contributed by atoms with Crippen molar-refractivity contribution in [3.8, 4) is 5.69 Å². The molecule has 0 N–H and O–H groups in total. The smallest absolute Gasteiger partial charge is 0.332 e. The molecule has 0 atom stereocenters. The van der Waals surface area contributed by atoms with Crippen LogP contribution in [0.4, 0.5) is 0 Å². The van der Waals surface area contributed by atoms with E-state index in [1.165, 1.54) is 0 Å². The van der Waals surface area contributed by atoms with Gasteiger partial charge in [-0.15, -0.1) is 0 Å². The van der Waals surface area contributed by atoms with Gasteiger partial charge in [0.05, 0.1) is 36.4 Å². The average Bonchev–Trinajstić information content (AvgIpc) is 2.91. The number of nitrogens with zero attached hydrogens (tertiary/aromatic N) is 2. The summed E-state index contributed by atoms with van der Waals surface area (Å²) in [4.78, 5) is 12.4. The van der Waals surface area contributed by atoms with Gasteiger partial charge in [-0.2, -0.15) is 0 Å². The quantitative estimate of drug-likeness (QED) is 0.805. The van der Waals surface area contributed by atoms with Gasteiger partial charge in [-0.25, -0.2) is 13.2 Å². The van der Waals surface area contributed by atoms with Crippen LogP contribution in [-0.4, -0.2) is 41.8 Å². The van der Waals surface area contributed by atoms with Crippen molar-refractivity contribution in [2.75, 3.05) is 18.1 Å². The first-order valence-corrected chi connectivity index (χ1v) is 10.0. The number of hydrogen-bond donors (Lipinski definition) is 0. The summed E-state index contributed by atoms with van der Waals surface area (Å²) in [6.45, 7) is 0.817. The summed E-state index contributed by atoms with van der Waals surface area (Å²) in [5.74, 6) is 0.370. The standard InChI is InChI=1S/C16H19ClN2O4S/c17-13-1-3-14(4-2-13)19-8-7-18(16(19)20)9-10-23-15-5-11-24(21,22)12-6-15/h1-4,7-8,15H,5-6,9-12H2. The minimum absolute atomic E-state index is 0.0393. The predicted octanol–water partition coefficient (Wildman–Crippen LogP) is 1.89. The fraction of sp³-hybridized carbons (Fsp3) is 0.438. The van der Waals surface area contributed by atoms with Gasteiger partial charge in [-0.1, -0.05) is 11.6 Å². The van der Waals surface area contributed by atoms with Gasteiger partial charge >= 0.3 is 5.69 Å². The molecule has 2 aromatic rings. The molecule has 24 heavy (non-hydrogen) atoms. The summed E-state index contributed by atoms with van der Waals surface area (Å²) in [5.41, 5.74) is 0.605. The summed E-state index contributed by atoms with van der Waals surface area (Å²) >= 11 is 5.86. The van der Waals surface area contributed by atoms with E-state index in [1.807, 2.05) is 0 Å². The fourth-order valence-corrected chi connectivity index (χ4v) is 4.31. The number of ether oxygens (including phenoxy) is 1. The molecule has 130 valence electrons. The zero-order valence-electron chi connectivity index (χ0n) is 13.1. The second-order valence-electron chi connectivity index (χ2n) is 5.84. The zero-order chi connectivity index (χ0) is 17.2. The third kappa shape index (κ3) is 4.09. The first kappa shape index (κ1) is 17.3. The van der Waals surface area contributed by atoms with E-state index in [2.05, 4.69) is 0 Å². The number of halogens is 1. The Kier molecular flexibility index (Phi) is 5.12. The Morgan fingerprint density at radius 3 is 2.46 bits per heavy atom. The van der Waals surface area contributed by atoms with Gasteiger partial charge in [0.2, 0.25) is 0 Å². The molecule has 8 heteroatoms. The van der Waals surface area contributed by atoms with Crippen molar-refractivity contribution in [2.45, 2.75) is 25.5 Å². The van der Waals surface area contributed by atoms with Crippen molar-refractivity contribution in [2.24, 2.45) is 0 Å². The number of sulfone groups is 1. The minimum Gasteiger partial charge on any atom is -0.376 e. The molecule has 1 aliphatic rings. The van der Waals surface area contributed by atoms with Crippen LogP contribution in [0, 0.1) is 0 Å². The van der Waals surface area contributed by atoms with Crippen LogP contribution >= 0.6 is 11.6 Å². The molecule has 2 heterocycles. The highest BCUT2D eigenvalue weighted by molar-refractivity contribution is 7.91. The topological polar surface area (TPSA) is 70.3 Å². The lowest BCUT2D eigenvalue weighted by Gasteiger charge is -2.22. The van der Waals surface area contributed by atoms with E-state index in [9.17, 15) is 13.2 Å². The van der Waals surface area contributed by atoms with Crippen LogP contribution in [0.2, 0.25) is 5.02 Å². The van der Waals surface area contributed by atoms with E-state index in [-0.39, 0.29) is 23.3 Å². The number of rotatable bonds is 5. The van der Waals surface area contributed by atoms with Crippen molar-refractivity contribution in [1.29, 1.82) is 0 Å². The third-order valence-electron chi connectivity index (χ3n) is 4.14. The second kappa shape index (κ2) is 7.13. The molecular formula is C16H19ClN2O4S. The van der Waals surface area contributed by atoms with Crippen LogP contribution in [-0.2, 0) is 21.1 Å². The average molecular weight is 371 g/mol. The lowest BCUT2D eigenvalue weighted by atomic mass is 10.2. The molecule has 6 nitrogen and oxygen atoms in total. The number of aromatic nitrogens is 2. The van der Waals surface area contributed by atoms with E-state index < -0.39 is 9.84 Å². The molecule has 3 rings (SSSR count). The lowest BCUT2D eigenvalue weighted by Crippen LogP contribution is -2.30. The maximum absolute atomic E-state index is 12.4. The predicted molar refractivity (Wildman–Crippen MR) is 92.7 cm³/mol. The van der Waals surface area contributed by atoms with Crippen molar-refractivity contribution < 1.29 is 13.2 Å². The molecule has 0 spiro atoms. The second-order valence-corrected chi connectivity index (χ2v) is 8.58. The molecule has 0 aliphatic carbocycles. The van der Waals surface area contributed by atoms with Crippen molar-refractivity contribution >= 4 is 21.4 Å². The largest absolute Gasteiger partial charge is 0.376 e. The van der Waals surface area contributed by atoms with E-state index in [0.717, 1.165) is 5.69 Å². The summed E-state index contributed by atoms with van der Waals surface area (Å²) in [7, 11) is -2.88. The highest BCUT2D eigenvalue weighted by Gasteiger charge is 2.23. The molecule has 1 saturated heterocycles. The Bertz CT molecular complexity index is 841. The lowest BCUT2D eigenvalue weighted by molar-refractivity contribution is 0.0414. The van der Waals surface area contributed by atoms with E-state index in [4.69, 9.17) is 16.3 Å². The molecule has 1 aromatic heterocycles. The first-order chi connectivity index (χ1) is 11.4. The molecule has 1 fully saturated rings. The minimum atomic E-state index is -2.88. The zero-order valence-corrected chi connectivity index (χ0v) is 14.7. The van der Waals surface area contributed by atoms with Gasteiger partial charge in [0.15, 0.2) is 9.84 Å². The number of benzene rings is 1. The van der Waals surface area contributed by atoms with Crippen molar-refractivity contribution in [1.82, 2.24) is 9.13 Å². The molecule has 0 amide bonds. The Balaban J connectivity index is 1.57. The van der Waals surface area contributed by atoms with Gasteiger partial charge in [0, 0.05) is 17.4 Å². The molecule has 0 radical (unpaired) electrons.